The highest BCUT2D eigenvalue weighted by atomic mass is 35.5. The molecular weight excluding hydrogens is 289 g/mol. The zero-order valence-corrected chi connectivity index (χ0v) is 12.3. The Kier molecular flexibility index (Phi) is 7.44. The van der Waals surface area contributed by atoms with Crippen LogP contribution in [0.5, 0.6) is 0 Å². The molecular formula is C12H17Cl2N3O2. The van der Waals surface area contributed by atoms with Crippen LogP contribution in [-0.4, -0.2) is 24.9 Å². The number of nitrogens with two attached hydrogens (primary N) is 1. The monoisotopic (exact) mass is 305 g/mol. The van der Waals surface area contributed by atoms with Gasteiger partial charge in [-0.25, -0.2) is 0 Å². The summed E-state index contributed by atoms with van der Waals surface area (Å²) in [6, 6.07) is 4.51. The number of rotatable bonds is 4. The van der Waals surface area contributed by atoms with Crippen molar-refractivity contribution in [1.82, 2.24) is 5.32 Å². The summed E-state index contributed by atoms with van der Waals surface area (Å²) < 4.78 is 0. The van der Waals surface area contributed by atoms with Crippen molar-refractivity contribution in [1.29, 1.82) is 0 Å². The van der Waals surface area contributed by atoms with Gasteiger partial charge >= 0.3 is 0 Å². The molecule has 1 atom stereocenters. The normalized spacial score (nSPS) is 11.2. The fraction of sp³-hybridized carbons (Fsp3) is 0.333. The standard InChI is InChI=1S/C12H16ClN3O2.ClH/c1-7(14)5-11(17)16-8-3-4-10(13)9(6-8)12(18)15-2;/h3-4,6-7H,5,14H2,1-2H3,(H,15,18)(H,16,17);1H. The van der Waals surface area contributed by atoms with E-state index in [9.17, 15) is 9.59 Å². The Hall–Kier alpha value is -1.30. The van der Waals surface area contributed by atoms with Gasteiger partial charge in [0.25, 0.3) is 5.91 Å². The van der Waals surface area contributed by atoms with Gasteiger partial charge in [-0.3, -0.25) is 9.59 Å². The number of hydrogen-bond donors (Lipinski definition) is 3. The number of benzene rings is 1. The summed E-state index contributed by atoms with van der Waals surface area (Å²) in [5.41, 5.74) is 6.36. The molecule has 1 aromatic carbocycles. The van der Waals surface area contributed by atoms with Gasteiger partial charge in [0.1, 0.15) is 0 Å². The number of carbonyl (C=O) groups excluding carboxylic acids is 2. The fourth-order valence-corrected chi connectivity index (χ4v) is 1.62. The van der Waals surface area contributed by atoms with E-state index < -0.39 is 0 Å². The van der Waals surface area contributed by atoms with E-state index in [0.717, 1.165) is 0 Å². The molecule has 0 fully saturated rings. The zero-order valence-electron chi connectivity index (χ0n) is 10.7. The van der Waals surface area contributed by atoms with E-state index >= 15 is 0 Å². The quantitative estimate of drug-likeness (QED) is 0.793. The summed E-state index contributed by atoms with van der Waals surface area (Å²) in [4.78, 5) is 23.1. The number of amides is 2. The van der Waals surface area contributed by atoms with Gasteiger partial charge in [-0.1, -0.05) is 11.6 Å². The highest BCUT2D eigenvalue weighted by Gasteiger charge is 2.11. The smallest absolute Gasteiger partial charge is 0.252 e. The summed E-state index contributed by atoms with van der Waals surface area (Å²) in [5, 5.41) is 5.47. The Morgan fingerprint density at radius 3 is 2.58 bits per heavy atom. The highest BCUT2D eigenvalue weighted by molar-refractivity contribution is 6.34. The zero-order chi connectivity index (χ0) is 13.7. The lowest BCUT2D eigenvalue weighted by Crippen LogP contribution is -2.24. The lowest BCUT2D eigenvalue weighted by molar-refractivity contribution is -0.116. The van der Waals surface area contributed by atoms with Gasteiger partial charge in [0.05, 0.1) is 10.6 Å². The first-order valence-electron chi connectivity index (χ1n) is 5.51. The minimum Gasteiger partial charge on any atom is -0.355 e. The van der Waals surface area contributed by atoms with E-state index in [-0.39, 0.29) is 36.7 Å². The van der Waals surface area contributed by atoms with Crippen LogP contribution in [0.15, 0.2) is 18.2 Å². The molecule has 0 bridgehead atoms. The Balaban J connectivity index is 0.00000324. The van der Waals surface area contributed by atoms with Crippen LogP contribution in [0.1, 0.15) is 23.7 Å². The Morgan fingerprint density at radius 1 is 1.42 bits per heavy atom. The van der Waals surface area contributed by atoms with Crippen LogP contribution in [0.25, 0.3) is 0 Å². The molecule has 19 heavy (non-hydrogen) atoms. The topological polar surface area (TPSA) is 84.2 Å². The van der Waals surface area contributed by atoms with Crippen LogP contribution in [0.2, 0.25) is 5.02 Å². The summed E-state index contributed by atoms with van der Waals surface area (Å²) in [6.07, 6.45) is 0.220. The van der Waals surface area contributed by atoms with Crippen molar-refractivity contribution in [3.63, 3.8) is 0 Å². The summed E-state index contributed by atoms with van der Waals surface area (Å²) in [7, 11) is 1.51. The average molecular weight is 306 g/mol. The number of halogens is 2. The Morgan fingerprint density at radius 2 is 2.05 bits per heavy atom. The fourth-order valence-electron chi connectivity index (χ4n) is 1.42. The lowest BCUT2D eigenvalue weighted by atomic mass is 10.1. The highest BCUT2D eigenvalue weighted by Crippen LogP contribution is 2.20. The first kappa shape index (κ1) is 17.7. The van der Waals surface area contributed by atoms with Crippen LogP contribution in [0, 0.1) is 0 Å². The molecule has 7 heteroatoms. The molecule has 0 aliphatic heterocycles. The summed E-state index contributed by atoms with van der Waals surface area (Å²) in [5.74, 6) is -0.501. The molecule has 1 unspecified atom stereocenters. The largest absolute Gasteiger partial charge is 0.355 e. The molecule has 0 aliphatic carbocycles. The van der Waals surface area contributed by atoms with Crippen LogP contribution < -0.4 is 16.4 Å². The minimum atomic E-state index is -0.303. The Bertz CT molecular complexity index is 464. The molecule has 4 N–H and O–H groups in total. The molecule has 0 radical (unpaired) electrons. The van der Waals surface area contributed by atoms with Crippen molar-refractivity contribution >= 4 is 41.5 Å². The molecule has 0 saturated carbocycles. The van der Waals surface area contributed by atoms with Crippen molar-refractivity contribution in [2.45, 2.75) is 19.4 Å². The van der Waals surface area contributed by atoms with Crippen LogP contribution in [0.4, 0.5) is 5.69 Å². The first-order chi connectivity index (χ1) is 8.43. The predicted octanol–water partition coefficient (Wildman–Crippen LogP) is 1.80. The molecule has 0 spiro atoms. The third-order valence-electron chi connectivity index (χ3n) is 2.23. The van der Waals surface area contributed by atoms with E-state index in [1.165, 1.54) is 13.1 Å². The van der Waals surface area contributed by atoms with Crippen molar-refractivity contribution in [2.24, 2.45) is 5.73 Å². The number of carbonyl (C=O) groups is 2. The van der Waals surface area contributed by atoms with Crippen molar-refractivity contribution in [3.05, 3.63) is 28.8 Å². The molecule has 2 amide bonds. The molecule has 5 nitrogen and oxygen atoms in total. The van der Waals surface area contributed by atoms with E-state index in [0.29, 0.717) is 16.3 Å². The minimum absolute atomic E-state index is 0. The van der Waals surface area contributed by atoms with Crippen LogP contribution in [-0.2, 0) is 4.79 Å². The first-order valence-corrected chi connectivity index (χ1v) is 5.89. The Labute approximate surface area is 123 Å². The molecule has 1 aromatic rings. The summed E-state index contributed by atoms with van der Waals surface area (Å²) >= 11 is 5.90. The molecule has 0 aromatic heterocycles. The summed E-state index contributed by atoms with van der Waals surface area (Å²) in [6.45, 7) is 1.75. The lowest BCUT2D eigenvalue weighted by Gasteiger charge is -2.09. The van der Waals surface area contributed by atoms with Crippen molar-refractivity contribution in [3.8, 4) is 0 Å². The second-order valence-corrected chi connectivity index (χ2v) is 4.41. The molecule has 106 valence electrons. The number of anilines is 1. The third-order valence-corrected chi connectivity index (χ3v) is 2.56. The third kappa shape index (κ3) is 5.46. The maximum absolute atomic E-state index is 11.5. The number of hydrogen-bond acceptors (Lipinski definition) is 3. The van der Waals surface area contributed by atoms with Crippen LogP contribution >= 0.6 is 24.0 Å². The van der Waals surface area contributed by atoms with Gasteiger partial charge in [0.15, 0.2) is 0 Å². The van der Waals surface area contributed by atoms with Gasteiger partial charge in [0.2, 0.25) is 5.91 Å². The molecule has 0 aliphatic rings. The van der Waals surface area contributed by atoms with E-state index in [2.05, 4.69) is 10.6 Å². The van der Waals surface area contributed by atoms with Gasteiger partial charge in [-0.05, 0) is 25.1 Å². The van der Waals surface area contributed by atoms with Crippen molar-refractivity contribution in [2.75, 3.05) is 12.4 Å². The number of nitrogens with one attached hydrogen (secondary N) is 2. The van der Waals surface area contributed by atoms with Gasteiger partial charge in [-0.2, -0.15) is 0 Å². The maximum Gasteiger partial charge on any atom is 0.252 e. The SMILES string of the molecule is CNC(=O)c1cc(NC(=O)CC(C)N)ccc1Cl.Cl. The van der Waals surface area contributed by atoms with Gasteiger partial charge in [0, 0.05) is 25.2 Å². The molecule has 0 heterocycles. The average Bonchev–Trinajstić information content (AvgIpc) is 2.29. The van der Waals surface area contributed by atoms with Crippen LogP contribution in [0.3, 0.4) is 0 Å². The van der Waals surface area contributed by atoms with Crippen molar-refractivity contribution < 1.29 is 9.59 Å². The molecule has 0 saturated heterocycles. The van der Waals surface area contributed by atoms with Gasteiger partial charge in [-0.15, -0.1) is 12.4 Å². The molecule has 1 rings (SSSR count). The maximum atomic E-state index is 11.5. The second kappa shape index (κ2) is 7.99. The van der Waals surface area contributed by atoms with E-state index in [4.69, 9.17) is 17.3 Å². The van der Waals surface area contributed by atoms with E-state index in [1.807, 2.05) is 0 Å². The second-order valence-electron chi connectivity index (χ2n) is 4.00. The predicted molar refractivity (Wildman–Crippen MR) is 79.0 cm³/mol. The van der Waals surface area contributed by atoms with Gasteiger partial charge < -0.3 is 16.4 Å². The van der Waals surface area contributed by atoms with E-state index in [1.54, 1.807) is 19.1 Å².